The average molecular weight is 568 g/mol. The second kappa shape index (κ2) is 10.4. The summed E-state index contributed by atoms with van der Waals surface area (Å²) in [6, 6.07) is 6.29. The molecule has 2 N–H and O–H groups in total. The van der Waals surface area contributed by atoms with Crippen LogP contribution in [0.25, 0.3) is 22.3 Å². The number of hydrogen-bond acceptors (Lipinski definition) is 8. The third kappa shape index (κ3) is 5.41. The van der Waals surface area contributed by atoms with Crippen molar-refractivity contribution in [2.75, 3.05) is 26.2 Å². The standard InChI is InChI=1S/C28H30F3N8O2/c29-28(30,31)24-7-17(12-37-14-21(40)15-37)8-25(36-24)41-22-2-5-38(6-3-22)19-9-20(10-19)39-13-18(11-35-39)26-23-1-4-32-27(23)34-16-33-26/h1,4,7-8,11,13,16,19,21-22,40H,2-3,5-6,9-10,12,14-15H2,(H,32,33,34). The highest BCUT2D eigenvalue weighted by Gasteiger charge is 2.38. The number of aromatic nitrogens is 6. The van der Waals surface area contributed by atoms with Crippen molar-refractivity contribution >= 4 is 11.0 Å². The molecule has 6 heterocycles. The molecule has 1 radical (unpaired) electrons. The van der Waals surface area contributed by atoms with Gasteiger partial charge in [-0.2, -0.15) is 18.3 Å². The minimum Gasteiger partial charge on any atom is -0.474 e. The summed E-state index contributed by atoms with van der Waals surface area (Å²) in [6.07, 6.45) is 5.38. The molecule has 3 fully saturated rings. The molecule has 7 rings (SSSR count). The van der Waals surface area contributed by atoms with Gasteiger partial charge in [-0.3, -0.25) is 14.5 Å². The molecule has 4 aromatic heterocycles. The van der Waals surface area contributed by atoms with Crippen molar-refractivity contribution in [1.29, 1.82) is 0 Å². The van der Waals surface area contributed by atoms with Gasteiger partial charge in [0.05, 0.1) is 24.0 Å². The van der Waals surface area contributed by atoms with Crippen LogP contribution in [-0.4, -0.2) is 89.1 Å². The van der Waals surface area contributed by atoms with E-state index in [0.717, 1.165) is 67.1 Å². The number of H-pyrrole nitrogens is 1. The van der Waals surface area contributed by atoms with Crippen molar-refractivity contribution in [1.82, 2.24) is 39.5 Å². The van der Waals surface area contributed by atoms with Crippen LogP contribution in [0.5, 0.6) is 5.88 Å². The maximum atomic E-state index is 13.5. The zero-order valence-corrected chi connectivity index (χ0v) is 22.3. The Labute approximate surface area is 234 Å². The fourth-order valence-corrected chi connectivity index (χ4v) is 5.97. The number of aromatic amines is 1. The lowest BCUT2D eigenvalue weighted by Gasteiger charge is -2.45. The minimum absolute atomic E-state index is 0.0173. The normalized spacial score (nSPS) is 20.4. The Morgan fingerprint density at radius 1 is 1.10 bits per heavy atom. The molecular formula is C28H30F3N8O2. The molecule has 0 unspecified atom stereocenters. The van der Waals surface area contributed by atoms with Gasteiger partial charge in [-0.1, -0.05) is 0 Å². The monoisotopic (exact) mass is 567 g/mol. The van der Waals surface area contributed by atoms with Crippen LogP contribution in [0.1, 0.15) is 36.9 Å². The van der Waals surface area contributed by atoms with Gasteiger partial charge in [0.25, 0.3) is 0 Å². The van der Waals surface area contributed by atoms with Gasteiger partial charge in [-0.25, -0.2) is 15.0 Å². The van der Waals surface area contributed by atoms with Crippen molar-refractivity contribution in [2.24, 2.45) is 0 Å². The minimum atomic E-state index is -4.55. The molecule has 0 bridgehead atoms. The van der Waals surface area contributed by atoms with Gasteiger partial charge >= 0.3 is 6.18 Å². The quantitative estimate of drug-likeness (QED) is 0.350. The lowest BCUT2D eigenvalue weighted by atomic mass is 9.84. The van der Waals surface area contributed by atoms with Crippen LogP contribution in [0.4, 0.5) is 13.2 Å². The molecular weight excluding hydrogens is 537 g/mol. The largest absolute Gasteiger partial charge is 0.474 e. The fourth-order valence-electron chi connectivity index (χ4n) is 5.97. The summed E-state index contributed by atoms with van der Waals surface area (Å²) in [5, 5.41) is 15.0. The predicted molar refractivity (Wildman–Crippen MR) is 143 cm³/mol. The Bertz CT molecular complexity index is 1520. The topological polar surface area (TPSA) is 108 Å². The Morgan fingerprint density at radius 3 is 2.66 bits per heavy atom. The molecule has 0 amide bonds. The zero-order chi connectivity index (χ0) is 28.1. The predicted octanol–water partition coefficient (Wildman–Crippen LogP) is 3.50. The molecule has 1 saturated carbocycles. The van der Waals surface area contributed by atoms with Gasteiger partial charge in [0.2, 0.25) is 5.88 Å². The van der Waals surface area contributed by atoms with Gasteiger partial charge < -0.3 is 14.8 Å². The van der Waals surface area contributed by atoms with Crippen LogP contribution >= 0.6 is 0 Å². The average Bonchev–Trinajstić information content (AvgIpc) is 3.57. The van der Waals surface area contributed by atoms with Crippen molar-refractivity contribution in [3.8, 4) is 17.1 Å². The number of β-amino-alcohol motifs (C(OH)–C–C–N with tert-alkyl or cyclic N) is 1. The Balaban J connectivity index is 0.931. The van der Waals surface area contributed by atoms with Gasteiger partial charge in [0.1, 0.15) is 23.8 Å². The summed E-state index contributed by atoms with van der Waals surface area (Å²) in [4.78, 5) is 19.9. The molecule has 2 aliphatic heterocycles. The lowest BCUT2D eigenvalue weighted by Crippen LogP contribution is -2.50. The molecule has 1 aliphatic carbocycles. The SMILES string of the molecule is OC1CN(Cc2cc(OC3CCN(C4C[C](n5cc(-c6ncnc7[nH]ccc67)cn5)C4)CC3)nc(C(F)(F)F)c2)C1. The maximum Gasteiger partial charge on any atom is 0.433 e. The molecule has 0 atom stereocenters. The number of rotatable bonds is 7. The highest BCUT2D eigenvalue weighted by atomic mass is 19.4. The summed E-state index contributed by atoms with van der Waals surface area (Å²) in [5.41, 5.74) is 2.13. The number of hydrogen-bond donors (Lipinski definition) is 2. The van der Waals surface area contributed by atoms with E-state index in [1.165, 1.54) is 6.04 Å². The molecule has 4 aromatic rings. The van der Waals surface area contributed by atoms with E-state index >= 15 is 0 Å². The molecule has 0 aromatic carbocycles. The van der Waals surface area contributed by atoms with E-state index in [1.54, 1.807) is 12.4 Å². The lowest BCUT2D eigenvalue weighted by molar-refractivity contribution is -0.141. The number of halogens is 3. The molecule has 0 spiro atoms. The first-order valence-corrected chi connectivity index (χ1v) is 13.9. The van der Waals surface area contributed by atoms with Crippen molar-refractivity contribution in [2.45, 2.75) is 56.7 Å². The number of piperidine rings is 1. The number of pyridine rings is 1. The smallest absolute Gasteiger partial charge is 0.433 e. The first-order valence-electron chi connectivity index (χ1n) is 13.9. The van der Waals surface area contributed by atoms with E-state index in [1.807, 2.05) is 34.2 Å². The zero-order valence-electron chi connectivity index (χ0n) is 22.3. The maximum absolute atomic E-state index is 13.5. The summed E-state index contributed by atoms with van der Waals surface area (Å²) < 4.78 is 48.4. The van der Waals surface area contributed by atoms with Crippen LogP contribution in [-0.2, 0) is 12.7 Å². The summed E-state index contributed by atoms with van der Waals surface area (Å²) in [7, 11) is 0. The third-order valence-corrected chi connectivity index (χ3v) is 8.25. The van der Waals surface area contributed by atoms with Gasteiger partial charge in [0.15, 0.2) is 0 Å². The Hall–Kier alpha value is -3.55. The second-order valence-electron chi connectivity index (χ2n) is 11.2. The summed E-state index contributed by atoms with van der Waals surface area (Å²) in [6.45, 7) is 2.87. The Morgan fingerprint density at radius 2 is 1.90 bits per heavy atom. The molecule has 10 nitrogen and oxygen atoms in total. The van der Waals surface area contributed by atoms with Gasteiger partial charge in [0, 0.05) is 68.2 Å². The second-order valence-corrected chi connectivity index (χ2v) is 11.2. The van der Waals surface area contributed by atoms with Crippen molar-refractivity contribution < 1.29 is 23.0 Å². The molecule has 13 heteroatoms. The van der Waals surface area contributed by atoms with E-state index in [0.29, 0.717) is 31.2 Å². The van der Waals surface area contributed by atoms with Crippen molar-refractivity contribution in [3.05, 3.63) is 60.4 Å². The number of aliphatic hydroxyl groups excluding tert-OH is 1. The van der Waals surface area contributed by atoms with Gasteiger partial charge in [-0.15, -0.1) is 0 Å². The van der Waals surface area contributed by atoms with E-state index in [-0.39, 0.29) is 12.0 Å². The van der Waals surface area contributed by atoms with Crippen LogP contribution in [0.15, 0.2) is 43.1 Å². The molecule has 41 heavy (non-hydrogen) atoms. The number of likely N-dealkylation sites (tertiary alicyclic amines) is 2. The Kier molecular flexibility index (Phi) is 6.67. The van der Waals surface area contributed by atoms with Gasteiger partial charge in [-0.05, 0) is 43.4 Å². The fraction of sp³-hybridized carbons (Fsp3) is 0.464. The van der Waals surface area contributed by atoms with Crippen LogP contribution in [0.2, 0.25) is 0 Å². The van der Waals surface area contributed by atoms with E-state index in [9.17, 15) is 18.3 Å². The number of fused-ring (bicyclic) bond motifs is 1. The van der Waals surface area contributed by atoms with E-state index in [2.05, 4.69) is 29.9 Å². The first kappa shape index (κ1) is 26.4. The van der Waals surface area contributed by atoms with Crippen LogP contribution in [0, 0.1) is 6.04 Å². The van der Waals surface area contributed by atoms with Crippen LogP contribution < -0.4 is 4.74 Å². The third-order valence-electron chi connectivity index (χ3n) is 8.25. The van der Waals surface area contributed by atoms with E-state index < -0.39 is 18.0 Å². The number of aliphatic hydroxyl groups is 1. The summed E-state index contributed by atoms with van der Waals surface area (Å²) >= 11 is 0. The number of ether oxygens (including phenoxy) is 1. The highest BCUT2D eigenvalue weighted by Crippen LogP contribution is 2.37. The van der Waals surface area contributed by atoms with Crippen LogP contribution in [0.3, 0.4) is 0 Å². The molecule has 215 valence electrons. The first-order chi connectivity index (χ1) is 19.8. The van der Waals surface area contributed by atoms with E-state index in [4.69, 9.17) is 4.74 Å². The highest BCUT2D eigenvalue weighted by molar-refractivity contribution is 5.90. The number of alkyl halides is 3. The van der Waals surface area contributed by atoms with Crippen molar-refractivity contribution in [3.63, 3.8) is 0 Å². The summed E-state index contributed by atoms with van der Waals surface area (Å²) in [5.74, 6) is 0.0173. The molecule has 2 saturated heterocycles. The number of nitrogens with one attached hydrogen (secondary N) is 1. The molecule has 3 aliphatic rings. The number of nitrogens with zero attached hydrogens (tertiary/aromatic N) is 7.